The Labute approximate surface area is 144 Å². The van der Waals surface area contributed by atoms with Crippen LogP contribution in [0.2, 0.25) is 0 Å². The number of hydrogen-bond donors (Lipinski definition) is 1. The van der Waals surface area contributed by atoms with Crippen molar-refractivity contribution in [1.29, 1.82) is 0 Å². The lowest BCUT2D eigenvalue weighted by Gasteiger charge is -2.25. The van der Waals surface area contributed by atoms with Crippen molar-refractivity contribution >= 4 is 17.7 Å². The zero-order valence-electron chi connectivity index (χ0n) is 13.4. The van der Waals surface area contributed by atoms with Gasteiger partial charge >= 0.3 is 0 Å². The zero-order chi connectivity index (χ0) is 17.1. The Kier molecular flexibility index (Phi) is 5.16. The van der Waals surface area contributed by atoms with Gasteiger partial charge in [0.15, 0.2) is 0 Å². The van der Waals surface area contributed by atoms with Crippen molar-refractivity contribution in [3.05, 3.63) is 59.5 Å². The van der Waals surface area contributed by atoms with E-state index in [1.165, 1.54) is 23.9 Å². The number of pyridine rings is 1. The summed E-state index contributed by atoms with van der Waals surface area (Å²) in [7, 11) is 0. The second kappa shape index (κ2) is 7.32. The van der Waals surface area contributed by atoms with E-state index in [9.17, 15) is 14.3 Å². The van der Waals surface area contributed by atoms with Crippen molar-refractivity contribution in [1.82, 2.24) is 9.88 Å². The monoisotopic (exact) mass is 346 g/mol. The first-order chi connectivity index (χ1) is 11.6. The third kappa shape index (κ3) is 3.94. The molecule has 24 heavy (non-hydrogen) atoms. The highest BCUT2D eigenvalue weighted by Gasteiger charge is 2.34. The molecule has 1 unspecified atom stereocenters. The van der Waals surface area contributed by atoms with Crippen molar-refractivity contribution < 1.29 is 14.3 Å². The van der Waals surface area contributed by atoms with Gasteiger partial charge in [-0.1, -0.05) is 12.1 Å². The molecule has 1 atom stereocenters. The van der Waals surface area contributed by atoms with Crippen LogP contribution in [0, 0.1) is 5.82 Å². The van der Waals surface area contributed by atoms with E-state index < -0.39 is 6.10 Å². The van der Waals surface area contributed by atoms with Crippen LogP contribution >= 0.6 is 11.8 Å². The summed E-state index contributed by atoms with van der Waals surface area (Å²) in [6, 6.07) is 9.46. The van der Waals surface area contributed by atoms with Crippen LogP contribution in [0.15, 0.2) is 47.6 Å². The smallest absolute Gasteiger partial charge is 0.255 e. The van der Waals surface area contributed by atoms with Crippen LogP contribution in [-0.4, -0.2) is 39.7 Å². The zero-order valence-corrected chi connectivity index (χ0v) is 14.2. The largest absolute Gasteiger partial charge is 0.387 e. The number of hydrogen-bond acceptors (Lipinski definition) is 4. The lowest BCUT2D eigenvalue weighted by Crippen LogP contribution is -2.36. The van der Waals surface area contributed by atoms with Gasteiger partial charge in [-0.15, -0.1) is 11.8 Å². The van der Waals surface area contributed by atoms with Crippen molar-refractivity contribution in [2.75, 3.05) is 12.8 Å². The molecule has 1 aromatic carbocycles. The standard InChI is InChI=1S/C18H19FN2O2S/c1-24-17-9-4-13(10-20-17)18(23)21(15-7-8-15)11-16(22)12-2-5-14(19)6-3-12/h2-6,9-10,15-16,22H,7-8,11H2,1H3. The Morgan fingerprint density at radius 1 is 1.33 bits per heavy atom. The van der Waals surface area contributed by atoms with Gasteiger partial charge in [0.2, 0.25) is 0 Å². The Balaban J connectivity index is 1.74. The number of nitrogens with zero attached hydrogens (tertiary/aromatic N) is 2. The summed E-state index contributed by atoms with van der Waals surface area (Å²) in [5, 5.41) is 11.3. The molecular formula is C18H19FN2O2S. The molecule has 1 N–H and O–H groups in total. The van der Waals surface area contributed by atoms with Gasteiger partial charge in [-0.3, -0.25) is 4.79 Å². The average Bonchev–Trinajstić information content (AvgIpc) is 3.44. The molecule has 6 heteroatoms. The molecule has 1 aromatic heterocycles. The lowest BCUT2D eigenvalue weighted by atomic mass is 10.1. The third-order valence-corrected chi connectivity index (χ3v) is 4.73. The molecule has 3 rings (SSSR count). The predicted molar refractivity (Wildman–Crippen MR) is 91.4 cm³/mol. The summed E-state index contributed by atoms with van der Waals surface area (Å²) in [5.74, 6) is -0.472. The highest BCUT2D eigenvalue weighted by Crippen LogP contribution is 2.30. The molecular weight excluding hydrogens is 327 g/mol. The number of benzene rings is 1. The van der Waals surface area contributed by atoms with Gasteiger partial charge in [0, 0.05) is 12.2 Å². The molecule has 2 aromatic rings. The van der Waals surface area contributed by atoms with Crippen LogP contribution in [0.25, 0.3) is 0 Å². The molecule has 0 saturated heterocycles. The van der Waals surface area contributed by atoms with Crippen molar-refractivity contribution in [3.8, 4) is 0 Å². The minimum absolute atomic E-state index is 0.126. The van der Waals surface area contributed by atoms with Crippen LogP contribution in [-0.2, 0) is 0 Å². The van der Waals surface area contributed by atoms with E-state index >= 15 is 0 Å². The minimum Gasteiger partial charge on any atom is -0.387 e. The van der Waals surface area contributed by atoms with Crippen LogP contribution in [0.4, 0.5) is 4.39 Å². The van der Waals surface area contributed by atoms with Crippen LogP contribution in [0.5, 0.6) is 0 Å². The van der Waals surface area contributed by atoms with E-state index in [1.807, 2.05) is 12.3 Å². The second-order valence-corrected chi connectivity index (χ2v) is 6.67. The summed E-state index contributed by atoms with van der Waals surface area (Å²) in [5.41, 5.74) is 1.12. The first kappa shape index (κ1) is 16.9. The van der Waals surface area contributed by atoms with E-state index in [2.05, 4.69) is 4.98 Å². The number of thioether (sulfide) groups is 1. The Morgan fingerprint density at radius 3 is 2.58 bits per heavy atom. The van der Waals surface area contributed by atoms with Crippen LogP contribution in [0.1, 0.15) is 34.9 Å². The van der Waals surface area contributed by atoms with E-state index in [-0.39, 0.29) is 24.3 Å². The lowest BCUT2D eigenvalue weighted by molar-refractivity contribution is 0.0602. The van der Waals surface area contributed by atoms with Gasteiger partial charge in [-0.2, -0.15) is 0 Å². The number of aliphatic hydroxyl groups excluding tert-OH is 1. The second-order valence-electron chi connectivity index (χ2n) is 5.85. The SMILES string of the molecule is CSc1ccc(C(=O)N(CC(O)c2ccc(F)cc2)C2CC2)cn1. The molecule has 1 aliphatic carbocycles. The third-order valence-electron chi connectivity index (χ3n) is 4.07. The van der Waals surface area contributed by atoms with Gasteiger partial charge in [0.1, 0.15) is 5.82 Å². The minimum atomic E-state index is -0.839. The average molecular weight is 346 g/mol. The number of rotatable bonds is 6. The van der Waals surface area contributed by atoms with Crippen LogP contribution in [0.3, 0.4) is 0 Å². The molecule has 1 heterocycles. The molecule has 126 valence electrons. The molecule has 4 nitrogen and oxygen atoms in total. The summed E-state index contributed by atoms with van der Waals surface area (Å²) >= 11 is 1.52. The van der Waals surface area contributed by atoms with Gasteiger partial charge in [0.05, 0.1) is 23.2 Å². The highest BCUT2D eigenvalue weighted by atomic mass is 32.2. The first-order valence-corrected chi connectivity index (χ1v) is 9.05. The van der Waals surface area contributed by atoms with Crippen molar-refractivity contribution in [2.45, 2.75) is 30.0 Å². The van der Waals surface area contributed by atoms with Crippen LogP contribution < -0.4 is 0 Å². The number of aliphatic hydroxyl groups is 1. The first-order valence-electron chi connectivity index (χ1n) is 7.83. The summed E-state index contributed by atoms with van der Waals surface area (Å²) in [4.78, 5) is 18.7. The van der Waals surface area contributed by atoms with Crippen molar-refractivity contribution in [3.63, 3.8) is 0 Å². The summed E-state index contributed by atoms with van der Waals surface area (Å²) in [6.07, 6.45) is 4.55. The number of halogens is 1. The molecule has 1 saturated carbocycles. The van der Waals surface area contributed by atoms with E-state index in [4.69, 9.17) is 0 Å². The Hall–Kier alpha value is -1.92. The fourth-order valence-corrected chi connectivity index (χ4v) is 2.92. The van der Waals surface area contributed by atoms with Gasteiger partial charge in [0.25, 0.3) is 5.91 Å². The maximum absolute atomic E-state index is 13.0. The quantitative estimate of drug-likeness (QED) is 0.816. The van der Waals surface area contributed by atoms with E-state index in [0.29, 0.717) is 11.1 Å². The summed E-state index contributed by atoms with van der Waals surface area (Å²) in [6.45, 7) is 0.194. The normalized spacial score (nSPS) is 15.1. The predicted octanol–water partition coefficient (Wildman–Crippen LogP) is 3.28. The molecule has 1 fully saturated rings. The van der Waals surface area contributed by atoms with E-state index in [0.717, 1.165) is 17.9 Å². The maximum atomic E-state index is 13.0. The Bertz CT molecular complexity index is 702. The van der Waals surface area contributed by atoms with Gasteiger partial charge < -0.3 is 10.0 Å². The number of carbonyl (C=O) groups is 1. The molecule has 0 spiro atoms. The fraction of sp³-hybridized carbons (Fsp3) is 0.333. The molecule has 1 amide bonds. The molecule has 0 aliphatic heterocycles. The molecule has 0 bridgehead atoms. The molecule has 1 aliphatic rings. The fourth-order valence-electron chi connectivity index (χ4n) is 2.55. The number of carbonyl (C=O) groups excluding carboxylic acids is 1. The van der Waals surface area contributed by atoms with Gasteiger partial charge in [-0.25, -0.2) is 9.37 Å². The number of aromatic nitrogens is 1. The Morgan fingerprint density at radius 2 is 2.04 bits per heavy atom. The topological polar surface area (TPSA) is 53.4 Å². The van der Waals surface area contributed by atoms with Gasteiger partial charge in [-0.05, 0) is 48.9 Å². The van der Waals surface area contributed by atoms with Crippen molar-refractivity contribution in [2.24, 2.45) is 0 Å². The maximum Gasteiger partial charge on any atom is 0.255 e. The summed E-state index contributed by atoms with van der Waals surface area (Å²) < 4.78 is 13.0. The number of amides is 1. The molecule has 0 radical (unpaired) electrons. The highest BCUT2D eigenvalue weighted by molar-refractivity contribution is 7.98. The van der Waals surface area contributed by atoms with E-state index in [1.54, 1.807) is 29.3 Å².